The van der Waals surface area contributed by atoms with Crippen LogP contribution in [0.2, 0.25) is 0 Å². The topological polar surface area (TPSA) is 24.1 Å². The van der Waals surface area contributed by atoms with Gasteiger partial charge < -0.3 is 0 Å². The van der Waals surface area contributed by atoms with Crippen LogP contribution in [-0.4, -0.2) is 24.6 Å². The van der Waals surface area contributed by atoms with Crippen molar-refractivity contribution in [3.8, 4) is 0 Å². The van der Waals surface area contributed by atoms with Crippen molar-refractivity contribution in [3.63, 3.8) is 0 Å². The fourth-order valence-electron chi connectivity index (χ4n) is 0.804. The molecule has 0 radical (unpaired) electrons. The Bertz CT molecular complexity index is 39.5. The lowest BCUT2D eigenvalue weighted by molar-refractivity contribution is 0.534. The first-order valence-electron chi connectivity index (χ1n) is 3.53. The van der Waals surface area contributed by atoms with Crippen LogP contribution >= 0.6 is 11.8 Å². The van der Waals surface area contributed by atoms with E-state index in [0.717, 1.165) is 13.1 Å². The van der Waals surface area contributed by atoms with E-state index in [1.807, 2.05) is 0 Å². The van der Waals surface area contributed by atoms with Crippen molar-refractivity contribution in [2.45, 2.75) is 12.8 Å². The molecule has 0 unspecified atom stereocenters. The maximum atomic E-state index is 3.16. The molecule has 0 aromatic rings. The largest absolute Gasteiger partial charge is 0.258 e. The minimum Gasteiger partial charge on any atom is -0.258 e. The van der Waals surface area contributed by atoms with Gasteiger partial charge >= 0.3 is 0 Å². The summed E-state index contributed by atoms with van der Waals surface area (Å²) in [5.41, 5.74) is 6.33. The van der Waals surface area contributed by atoms with Gasteiger partial charge in [-0.1, -0.05) is 0 Å². The zero-order valence-corrected chi connectivity index (χ0v) is 6.47. The Morgan fingerprint density at radius 1 is 0.889 bits per heavy atom. The van der Waals surface area contributed by atoms with E-state index in [2.05, 4.69) is 22.6 Å². The van der Waals surface area contributed by atoms with Gasteiger partial charge in [-0.05, 0) is 24.3 Å². The van der Waals surface area contributed by atoms with Gasteiger partial charge in [0.2, 0.25) is 0 Å². The monoisotopic (exact) mass is 146 g/mol. The van der Waals surface area contributed by atoms with Crippen LogP contribution in [-0.2, 0) is 0 Å². The highest BCUT2D eigenvalue weighted by atomic mass is 32.2. The van der Waals surface area contributed by atoms with Gasteiger partial charge in [-0.15, -0.1) is 0 Å². The Hall–Kier alpha value is 0.270. The highest BCUT2D eigenvalue weighted by molar-refractivity contribution is 7.99. The van der Waals surface area contributed by atoms with E-state index in [0.29, 0.717) is 0 Å². The van der Waals surface area contributed by atoms with E-state index in [1.165, 1.54) is 24.3 Å². The molecule has 0 aromatic heterocycles. The molecule has 1 saturated heterocycles. The minimum atomic E-state index is 1.12. The normalized spacial score (nSPS) is 24.0. The van der Waals surface area contributed by atoms with Gasteiger partial charge in [0, 0.05) is 13.1 Å². The number of hydrazine groups is 1. The highest BCUT2D eigenvalue weighted by Gasteiger charge is 1.93. The van der Waals surface area contributed by atoms with Gasteiger partial charge in [0.25, 0.3) is 0 Å². The van der Waals surface area contributed by atoms with Crippen molar-refractivity contribution in [1.82, 2.24) is 10.9 Å². The summed E-state index contributed by atoms with van der Waals surface area (Å²) < 4.78 is 0. The van der Waals surface area contributed by atoms with Gasteiger partial charge in [0.15, 0.2) is 0 Å². The van der Waals surface area contributed by atoms with Crippen LogP contribution in [0.1, 0.15) is 12.8 Å². The maximum Gasteiger partial charge on any atom is 0.0108 e. The van der Waals surface area contributed by atoms with Crippen LogP contribution in [0.15, 0.2) is 0 Å². The number of hydrogen-bond donors (Lipinski definition) is 2. The van der Waals surface area contributed by atoms with Gasteiger partial charge in [-0.2, -0.15) is 11.8 Å². The summed E-state index contributed by atoms with van der Waals surface area (Å²) in [5.74, 6) is 2.63. The molecule has 2 nitrogen and oxygen atoms in total. The molecular formula is C6H14N2S. The molecule has 1 fully saturated rings. The molecule has 54 valence electrons. The van der Waals surface area contributed by atoms with Gasteiger partial charge in [-0.25, -0.2) is 0 Å². The second-order valence-corrected chi connectivity index (χ2v) is 3.40. The predicted octanol–water partition coefficient (Wildman–Crippen LogP) is 0.608. The Labute approximate surface area is 60.8 Å². The molecule has 0 bridgehead atoms. The average molecular weight is 146 g/mol. The highest BCUT2D eigenvalue weighted by Crippen LogP contribution is 2.03. The van der Waals surface area contributed by atoms with Crippen molar-refractivity contribution in [1.29, 1.82) is 0 Å². The molecule has 3 heteroatoms. The zero-order chi connectivity index (χ0) is 6.36. The Morgan fingerprint density at radius 2 is 1.44 bits per heavy atom. The zero-order valence-electron chi connectivity index (χ0n) is 5.65. The van der Waals surface area contributed by atoms with Crippen molar-refractivity contribution in [2.75, 3.05) is 24.6 Å². The standard InChI is InChI=1S/C6H14N2S/c1-3-7-8-4-2-6-9-5-1/h7-8H,1-6H2. The van der Waals surface area contributed by atoms with Crippen LogP contribution < -0.4 is 10.9 Å². The number of nitrogens with one attached hydrogen (secondary N) is 2. The van der Waals surface area contributed by atoms with Gasteiger partial charge in [-0.3, -0.25) is 10.9 Å². The lowest BCUT2D eigenvalue weighted by atomic mass is 10.5. The molecule has 0 aliphatic carbocycles. The van der Waals surface area contributed by atoms with Crippen molar-refractivity contribution >= 4 is 11.8 Å². The predicted molar refractivity (Wildman–Crippen MR) is 42.6 cm³/mol. The molecule has 0 spiro atoms. The molecule has 1 rings (SSSR count). The van der Waals surface area contributed by atoms with Crippen LogP contribution in [0, 0.1) is 0 Å². The molecule has 1 aliphatic rings. The fourth-order valence-corrected chi connectivity index (χ4v) is 1.71. The fraction of sp³-hybridized carbons (Fsp3) is 1.00. The van der Waals surface area contributed by atoms with Gasteiger partial charge in [0.1, 0.15) is 0 Å². The first-order chi connectivity index (χ1) is 4.50. The summed E-state index contributed by atoms with van der Waals surface area (Å²) in [7, 11) is 0. The Balaban J connectivity index is 2.02. The lowest BCUT2D eigenvalue weighted by Gasteiger charge is -2.00. The van der Waals surface area contributed by atoms with Crippen LogP contribution in [0.4, 0.5) is 0 Å². The summed E-state index contributed by atoms with van der Waals surface area (Å²) in [5, 5.41) is 0. The van der Waals surface area contributed by atoms with E-state index in [9.17, 15) is 0 Å². The van der Waals surface area contributed by atoms with E-state index in [1.54, 1.807) is 0 Å². The SMILES string of the molecule is C1CNNCCCSC1. The summed E-state index contributed by atoms with van der Waals surface area (Å²) in [6.07, 6.45) is 2.58. The number of rotatable bonds is 0. The minimum absolute atomic E-state index is 1.12. The van der Waals surface area contributed by atoms with Gasteiger partial charge in [0.05, 0.1) is 0 Å². The van der Waals surface area contributed by atoms with Crippen LogP contribution in [0.3, 0.4) is 0 Å². The van der Waals surface area contributed by atoms with E-state index in [4.69, 9.17) is 0 Å². The summed E-state index contributed by atoms with van der Waals surface area (Å²) >= 11 is 2.06. The summed E-state index contributed by atoms with van der Waals surface area (Å²) in [6, 6.07) is 0. The molecule has 0 aromatic carbocycles. The Morgan fingerprint density at radius 3 is 2.00 bits per heavy atom. The third kappa shape index (κ3) is 3.78. The Kier molecular flexibility index (Phi) is 4.17. The smallest absolute Gasteiger partial charge is 0.0108 e. The molecule has 2 N–H and O–H groups in total. The molecule has 0 saturated carbocycles. The van der Waals surface area contributed by atoms with Crippen LogP contribution in [0.5, 0.6) is 0 Å². The van der Waals surface area contributed by atoms with E-state index >= 15 is 0 Å². The van der Waals surface area contributed by atoms with Crippen molar-refractivity contribution < 1.29 is 0 Å². The summed E-state index contributed by atoms with van der Waals surface area (Å²) in [4.78, 5) is 0. The number of hydrogen-bond acceptors (Lipinski definition) is 3. The van der Waals surface area contributed by atoms with Crippen molar-refractivity contribution in [2.24, 2.45) is 0 Å². The molecule has 0 atom stereocenters. The lowest BCUT2D eigenvalue weighted by Crippen LogP contribution is -2.33. The average Bonchev–Trinajstić information content (AvgIpc) is 2.00. The van der Waals surface area contributed by atoms with Crippen molar-refractivity contribution in [3.05, 3.63) is 0 Å². The third-order valence-corrected chi connectivity index (χ3v) is 2.46. The molecule has 9 heavy (non-hydrogen) atoms. The molecule has 0 amide bonds. The summed E-state index contributed by atoms with van der Waals surface area (Å²) in [6.45, 7) is 2.24. The third-order valence-electron chi connectivity index (χ3n) is 1.31. The molecule has 1 heterocycles. The quantitative estimate of drug-likeness (QED) is 0.523. The second-order valence-electron chi connectivity index (χ2n) is 2.17. The maximum absolute atomic E-state index is 3.16. The van der Waals surface area contributed by atoms with E-state index in [-0.39, 0.29) is 0 Å². The number of thioether (sulfide) groups is 1. The first-order valence-corrected chi connectivity index (χ1v) is 4.69. The molecule has 1 aliphatic heterocycles. The van der Waals surface area contributed by atoms with E-state index < -0.39 is 0 Å². The first kappa shape index (κ1) is 7.38. The molecular weight excluding hydrogens is 132 g/mol. The van der Waals surface area contributed by atoms with Crippen LogP contribution in [0.25, 0.3) is 0 Å². The second kappa shape index (κ2) is 5.09.